The molecule has 0 unspecified atom stereocenters. The third kappa shape index (κ3) is 11.2. The highest BCUT2D eigenvalue weighted by atomic mass is 16.1. The zero-order valence-electron chi connectivity index (χ0n) is 6.40. The van der Waals surface area contributed by atoms with Gasteiger partial charge >= 0.3 is 0 Å². The van der Waals surface area contributed by atoms with Crippen LogP contribution in [0.1, 0.15) is 22.2 Å². The summed E-state index contributed by atoms with van der Waals surface area (Å²) in [5.41, 5.74) is 0. The van der Waals surface area contributed by atoms with Crippen LogP contribution in [0, 0.1) is 0 Å². The number of carbonyl (C=O) groups is 1. The van der Waals surface area contributed by atoms with Crippen LogP contribution < -0.4 is 5.32 Å². The Kier molecular flexibility index (Phi) is 13.2. The quantitative estimate of drug-likeness (QED) is 0.553. The van der Waals surface area contributed by atoms with Crippen LogP contribution in [0.3, 0.4) is 0 Å². The largest absolute Gasteiger partial charge is 0.357 e. The normalized spacial score (nSPS) is 7.00. The molecule has 0 saturated carbocycles. The molecule has 0 atom stereocenters. The molecule has 0 heterocycles. The zero-order valence-corrected chi connectivity index (χ0v) is 6.40. The minimum atomic E-state index is -0.0949. The van der Waals surface area contributed by atoms with Crippen molar-refractivity contribution in [2.24, 2.45) is 0 Å². The lowest BCUT2D eigenvalue weighted by Gasteiger charge is -1.93. The SMILES string of the molecule is CC.[B]CC(=O)NCC.[HH]. The molecule has 0 aliphatic heterocycles. The van der Waals surface area contributed by atoms with E-state index in [9.17, 15) is 4.79 Å². The van der Waals surface area contributed by atoms with Crippen LogP contribution in [0.25, 0.3) is 0 Å². The predicted molar refractivity (Wildman–Crippen MR) is 42.7 cm³/mol. The van der Waals surface area contributed by atoms with Crippen molar-refractivity contribution >= 4 is 13.8 Å². The zero-order chi connectivity index (χ0) is 7.70. The molecule has 0 aliphatic rings. The highest BCUT2D eigenvalue weighted by Crippen LogP contribution is 1.67. The van der Waals surface area contributed by atoms with Gasteiger partial charge < -0.3 is 5.32 Å². The summed E-state index contributed by atoms with van der Waals surface area (Å²) in [7, 11) is 4.95. The van der Waals surface area contributed by atoms with E-state index in [1.807, 2.05) is 20.8 Å². The lowest BCUT2D eigenvalue weighted by molar-refractivity contribution is -0.118. The van der Waals surface area contributed by atoms with Crippen LogP contribution in [-0.2, 0) is 4.79 Å². The Morgan fingerprint density at radius 2 is 2.11 bits per heavy atom. The average Bonchev–Trinajstić information content (AvgIpc) is 1.93. The fraction of sp³-hybridized carbons (Fsp3) is 0.833. The number of hydrogen-bond donors (Lipinski definition) is 1. The van der Waals surface area contributed by atoms with Crippen LogP contribution in [0.2, 0.25) is 6.32 Å². The summed E-state index contributed by atoms with van der Waals surface area (Å²) in [5, 5.41) is 2.53. The topological polar surface area (TPSA) is 29.1 Å². The molecule has 2 radical (unpaired) electrons. The molecule has 2 nitrogen and oxygen atoms in total. The van der Waals surface area contributed by atoms with Gasteiger partial charge in [0.15, 0.2) is 0 Å². The number of amides is 1. The van der Waals surface area contributed by atoms with Gasteiger partial charge in [-0.3, -0.25) is 4.79 Å². The predicted octanol–water partition coefficient (Wildman–Crippen LogP) is 0.981. The summed E-state index contributed by atoms with van der Waals surface area (Å²) < 4.78 is 0. The monoisotopic (exact) mass is 129 g/mol. The standard InChI is InChI=1S/C4H8BNO.C2H6.H2/c1-2-6-4(7)3-5;1-2;/h2-3H2,1H3,(H,6,7);1-2H3;1H. The van der Waals surface area contributed by atoms with Crippen molar-refractivity contribution < 1.29 is 6.22 Å². The molecule has 0 fully saturated rings. The number of rotatable bonds is 2. The molecular weight excluding hydrogens is 113 g/mol. The van der Waals surface area contributed by atoms with E-state index in [0.29, 0.717) is 6.54 Å². The fourth-order valence-electron chi connectivity index (χ4n) is 0.269. The van der Waals surface area contributed by atoms with Gasteiger partial charge in [0.25, 0.3) is 0 Å². The molecule has 0 aromatic heterocycles. The van der Waals surface area contributed by atoms with E-state index >= 15 is 0 Å². The third-order valence-corrected chi connectivity index (χ3v) is 0.559. The number of nitrogens with one attached hydrogen (secondary N) is 1. The fourth-order valence-corrected chi connectivity index (χ4v) is 0.269. The van der Waals surface area contributed by atoms with E-state index in [1.165, 1.54) is 0 Å². The molecule has 54 valence electrons. The molecule has 1 amide bonds. The van der Waals surface area contributed by atoms with Crippen molar-refractivity contribution in [3.63, 3.8) is 0 Å². The van der Waals surface area contributed by atoms with E-state index in [4.69, 9.17) is 7.85 Å². The first-order chi connectivity index (χ1) is 4.31. The molecule has 0 aliphatic carbocycles. The third-order valence-electron chi connectivity index (χ3n) is 0.559. The van der Waals surface area contributed by atoms with Gasteiger partial charge in [-0.1, -0.05) is 13.8 Å². The first kappa shape index (κ1) is 11.3. The van der Waals surface area contributed by atoms with Crippen molar-refractivity contribution in [1.29, 1.82) is 0 Å². The van der Waals surface area contributed by atoms with Gasteiger partial charge in [-0.25, -0.2) is 0 Å². The van der Waals surface area contributed by atoms with Crippen molar-refractivity contribution in [2.75, 3.05) is 6.54 Å². The second-order valence-electron chi connectivity index (χ2n) is 1.16. The van der Waals surface area contributed by atoms with Crippen LogP contribution in [0.4, 0.5) is 0 Å². The summed E-state index contributed by atoms with van der Waals surface area (Å²) in [5.74, 6) is -0.0949. The van der Waals surface area contributed by atoms with Gasteiger partial charge in [-0.2, -0.15) is 0 Å². The maximum absolute atomic E-state index is 10.2. The van der Waals surface area contributed by atoms with Crippen molar-refractivity contribution in [3.8, 4) is 0 Å². The van der Waals surface area contributed by atoms with Crippen LogP contribution in [0.5, 0.6) is 0 Å². The van der Waals surface area contributed by atoms with Gasteiger partial charge in [-0.15, -0.1) is 0 Å². The molecule has 0 saturated heterocycles. The van der Waals surface area contributed by atoms with E-state index in [0.717, 1.165) is 0 Å². The maximum Gasteiger partial charge on any atom is 0.211 e. The second-order valence-corrected chi connectivity index (χ2v) is 1.16. The molecule has 0 aromatic carbocycles. The van der Waals surface area contributed by atoms with Crippen molar-refractivity contribution in [3.05, 3.63) is 0 Å². The van der Waals surface area contributed by atoms with E-state index in [-0.39, 0.29) is 13.7 Å². The highest BCUT2D eigenvalue weighted by molar-refractivity contribution is 6.19. The molecular formula is C6H16BNO. The first-order valence-electron chi connectivity index (χ1n) is 3.28. The summed E-state index contributed by atoms with van der Waals surface area (Å²) in [6, 6.07) is 0. The molecule has 3 heteroatoms. The molecule has 1 N–H and O–H groups in total. The Labute approximate surface area is 59.9 Å². The van der Waals surface area contributed by atoms with Crippen LogP contribution >= 0.6 is 0 Å². The Hall–Kier alpha value is -0.465. The van der Waals surface area contributed by atoms with Crippen molar-refractivity contribution in [1.82, 2.24) is 5.32 Å². The van der Waals surface area contributed by atoms with Crippen LogP contribution in [0.15, 0.2) is 0 Å². The van der Waals surface area contributed by atoms with E-state index in [1.54, 1.807) is 0 Å². The number of carbonyl (C=O) groups excluding carboxylic acids is 1. The summed E-state index contributed by atoms with van der Waals surface area (Å²) in [6.07, 6.45) is 0.0911. The Balaban J connectivity index is -0.000000149. The summed E-state index contributed by atoms with van der Waals surface area (Å²) >= 11 is 0. The lowest BCUT2D eigenvalue weighted by Crippen LogP contribution is -2.21. The van der Waals surface area contributed by atoms with E-state index < -0.39 is 0 Å². The van der Waals surface area contributed by atoms with Gasteiger partial charge in [0.2, 0.25) is 5.91 Å². The molecule has 0 rings (SSSR count). The molecule has 0 spiro atoms. The maximum atomic E-state index is 10.2. The molecule has 0 bridgehead atoms. The smallest absolute Gasteiger partial charge is 0.211 e. The Morgan fingerprint density at radius 3 is 2.22 bits per heavy atom. The minimum Gasteiger partial charge on any atom is -0.357 e. The van der Waals surface area contributed by atoms with Gasteiger partial charge in [0.05, 0.1) is 7.85 Å². The lowest BCUT2D eigenvalue weighted by atomic mass is 10.1. The van der Waals surface area contributed by atoms with Crippen LogP contribution in [-0.4, -0.2) is 20.3 Å². The average molecular weight is 129 g/mol. The number of hydrogen-bond acceptors (Lipinski definition) is 1. The highest BCUT2D eigenvalue weighted by Gasteiger charge is 1.88. The Morgan fingerprint density at radius 1 is 1.67 bits per heavy atom. The molecule has 9 heavy (non-hydrogen) atoms. The van der Waals surface area contributed by atoms with Gasteiger partial charge in [0, 0.05) is 7.97 Å². The summed E-state index contributed by atoms with van der Waals surface area (Å²) in [6.45, 7) is 6.52. The van der Waals surface area contributed by atoms with Gasteiger partial charge in [-0.05, 0) is 13.2 Å². The Bertz CT molecular complexity index is 70.8. The summed E-state index contributed by atoms with van der Waals surface area (Å²) in [4.78, 5) is 10.2. The molecule has 0 aromatic rings. The van der Waals surface area contributed by atoms with Gasteiger partial charge in [0.1, 0.15) is 0 Å². The van der Waals surface area contributed by atoms with E-state index in [2.05, 4.69) is 5.32 Å². The minimum absolute atomic E-state index is 0. The van der Waals surface area contributed by atoms with Crippen molar-refractivity contribution in [2.45, 2.75) is 27.1 Å². The second kappa shape index (κ2) is 10.5. The first-order valence-corrected chi connectivity index (χ1v) is 3.28.